The van der Waals surface area contributed by atoms with Crippen LogP contribution in [0.5, 0.6) is 0 Å². The van der Waals surface area contributed by atoms with Crippen molar-refractivity contribution in [2.75, 3.05) is 0 Å². The van der Waals surface area contributed by atoms with Gasteiger partial charge in [-0.2, -0.15) is 0 Å². The zero-order valence-corrected chi connectivity index (χ0v) is 83.2. The Morgan fingerprint density at radius 1 is 0.364 bits per heavy atom. The molecule has 12 rings (SSSR count). The summed E-state index contributed by atoms with van der Waals surface area (Å²) in [5.41, 5.74) is 31.3. The molecule has 121 heavy (non-hydrogen) atoms. The Kier molecular flexibility index (Phi) is 41.8. The monoisotopic (exact) mass is 2150 g/mol. The fraction of sp³-hybridized carbons (Fsp3) is 0.339. The number of fused-ring (bicyclic) bond motifs is 3. The molecule has 0 aliphatic heterocycles. The summed E-state index contributed by atoms with van der Waals surface area (Å²) in [6.45, 7) is 51.8. The van der Waals surface area contributed by atoms with Crippen LogP contribution in [-0.2, 0) is 94.0 Å². The third-order valence-corrected chi connectivity index (χ3v) is 19.5. The average Bonchev–Trinajstić information content (AvgIpc) is 0.787. The van der Waals surface area contributed by atoms with Gasteiger partial charge in [0.1, 0.15) is 12.0 Å². The van der Waals surface area contributed by atoms with Gasteiger partial charge in [0.15, 0.2) is 11.6 Å². The van der Waals surface area contributed by atoms with Gasteiger partial charge in [0.2, 0.25) is 0 Å². The van der Waals surface area contributed by atoms with Gasteiger partial charge < -0.3 is 15.3 Å². The van der Waals surface area contributed by atoms with Crippen molar-refractivity contribution >= 4 is 50.6 Å². The number of aromatic nitrogens is 3. The van der Waals surface area contributed by atoms with E-state index in [1.54, 1.807) is 0 Å². The minimum absolute atomic E-state index is 0. The number of ketones is 2. The number of aryl methyl sites for hydroxylation is 9. The molecule has 12 heteroatoms. The molecule has 0 saturated heterocycles. The van der Waals surface area contributed by atoms with E-state index >= 15 is 0 Å². The summed E-state index contributed by atoms with van der Waals surface area (Å²) in [4.78, 5) is 46.9. The number of rotatable bonds is 19. The van der Waals surface area contributed by atoms with E-state index in [1.807, 2.05) is 69.2 Å². The third kappa shape index (κ3) is 33.5. The summed E-state index contributed by atoms with van der Waals surface area (Å²) in [5.74, 6) is 2.83. The molecular formula is C109H128Ir3N3O6-3. The predicted molar refractivity (Wildman–Crippen MR) is 500 cm³/mol. The normalized spacial score (nSPS) is 11.5. The number of pyridine rings is 3. The molecule has 3 heterocycles. The first-order chi connectivity index (χ1) is 55.5. The van der Waals surface area contributed by atoms with Crippen LogP contribution in [0.2, 0.25) is 0 Å². The Labute approximate surface area is 765 Å². The fourth-order valence-corrected chi connectivity index (χ4v) is 13.7. The zero-order chi connectivity index (χ0) is 87.0. The van der Waals surface area contributed by atoms with E-state index in [2.05, 4.69) is 304 Å². The molecule has 0 fully saturated rings. The van der Waals surface area contributed by atoms with Gasteiger partial charge in [-0.15, -0.1) is 105 Å². The predicted octanol–water partition coefficient (Wildman–Crippen LogP) is 28.9. The first-order valence-electron chi connectivity index (χ1n) is 41.7. The van der Waals surface area contributed by atoms with Gasteiger partial charge in [0.25, 0.3) is 0 Å². The van der Waals surface area contributed by atoms with E-state index in [4.69, 9.17) is 24.9 Å². The van der Waals surface area contributed by atoms with Crippen molar-refractivity contribution in [3.05, 3.63) is 303 Å². The summed E-state index contributed by atoms with van der Waals surface area (Å²) in [6.07, 6.45) is 9.09. The molecule has 645 valence electrons. The topological polar surface area (TPSA) is 151 Å². The summed E-state index contributed by atoms with van der Waals surface area (Å²) in [7, 11) is 0. The van der Waals surface area contributed by atoms with Crippen molar-refractivity contribution < 1.29 is 90.0 Å². The third-order valence-electron chi connectivity index (χ3n) is 19.5. The molecule has 0 atom stereocenters. The molecule has 0 bridgehead atoms. The fourth-order valence-electron chi connectivity index (χ4n) is 13.7. The van der Waals surface area contributed by atoms with Crippen LogP contribution in [0.15, 0.2) is 218 Å². The maximum Gasteiger partial charge on any atom is 0.164 e. The van der Waals surface area contributed by atoms with Gasteiger partial charge in [-0.25, -0.2) is 0 Å². The van der Waals surface area contributed by atoms with Crippen molar-refractivity contribution in [3.63, 3.8) is 0 Å². The summed E-state index contributed by atoms with van der Waals surface area (Å²) in [6, 6.07) is 76.5. The molecule has 9 nitrogen and oxygen atoms in total. The van der Waals surface area contributed by atoms with Crippen LogP contribution in [-0.4, -0.2) is 48.1 Å². The van der Waals surface area contributed by atoms with Crippen molar-refractivity contribution in [2.24, 2.45) is 40.4 Å². The Balaban J connectivity index is 0.000000322. The van der Waals surface area contributed by atoms with E-state index in [0.717, 1.165) is 92.4 Å². The molecule has 0 amide bonds. The molecule has 0 unspecified atom stereocenters. The van der Waals surface area contributed by atoms with Gasteiger partial charge in [0.05, 0.1) is 28.6 Å². The van der Waals surface area contributed by atoms with Gasteiger partial charge in [-0.05, 0) is 173 Å². The summed E-state index contributed by atoms with van der Waals surface area (Å²) < 4.78 is 0. The molecular weight excluding hydrogens is 2020 g/mol. The second-order valence-electron chi connectivity index (χ2n) is 36.0. The van der Waals surface area contributed by atoms with E-state index in [1.165, 1.54) is 112 Å². The molecule has 3 aromatic heterocycles. The molecule has 12 aromatic rings. The Morgan fingerprint density at radius 2 is 0.653 bits per heavy atom. The Bertz CT molecular complexity index is 4990. The van der Waals surface area contributed by atoms with Crippen LogP contribution in [0, 0.1) is 121 Å². The number of benzene rings is 9. The van der Waals surface area contributed by atoms with Crippen molar-refractivity contribution in [2.45, 2.75) is 205 Å². The maximum atomic E-state index is 11.5. The van der Waals surface area contributed by atoms with Crippen LogP contribution in [0.3, 0.4) is 0 Å². The van der Waals surface area contributed by atoms with Gasteiger partial charge in [-0.3, -0.25) is 29.3 Å². The molecule has 3 N–H and O–H groups in total. The van der Waals surface area contributed by atoms with Crippen molar-refractivity contribution in [1.29, 1.82) is 0 Å². The van der Waals surface area contributed by atoms with Crippen molar-refractivity contribution in [1.82, 2.24) is 15.0 Å². The van der Waals surface area contributed by atoms with E-state index in [9.17, 15) is 19.8 Å². The number of hydrogen-bond acceptors (Lipinski definition) is 9. The number of nitrogens with zero attached hydrogens (tertiary/aromatic N) is 3. The number of allylic oxidation sites excluding steroid dienone is 5. The second-order valence-corrected chi connectivity index (χ2v) is 36.0. The largest absolute Gasteiger partial charge is 0.515 e. The number of aldehydes is 1. The quantitative estimate of drug-likeness (QED) is 0.0311. The summed E-state index contributed by atoms with van der Waals surface area (Å²) >= 11 is 0. The SMILES string of the molecule is CC(C)(C)C(=O)C=C(O)C(C)(C)C.CC(C)CC(=O)C=C(O)CC(C)C.Cc1[c-]c(-c2cc(CC(C)C)c3cc(-c4ccc(C)cc4)ccc3n2)cc(C)c1.Cc1[c-]c(-c2cc(CC(C)C)c3cc(-c4ccc(C)cc4)ccc3n2)cc(C)c1.Cc1[c-]c(-c2cc(CC(C)C)c3cc(-c4ccc(C)cc4)ccc3n2)cc(C)c1.O=CC=CO.[Ir].[Ir].[Ir]. The van der Waals surface area contributed by atoms with E-state index in [0.29, 0.717) is 55.0 Å². The van der Waals surface area contributed by atoms with Crippen LogP contribution in [0.25, 0.3) is 99.9 Å². The molecule has 0 saturated carbocycles. The molecule has 3 radical (unpaired) electrons. The number of carbonyl (C=O) groups excluding carboxylic acids is 3. The van der Waals surface area contributed by atoms with Gasteiger partial charge in [-0.1, -0.05) is 278 Å². The van der Waals surface area contributed by atoms with Crippen LogP contribution >= 0.6 is 0 Å². The van der Waals surface area contributed by atoms with Gasteiger partial charge >= 0.3 is 0 Å². The maximum absolute atomic E-state index is 11.5. The first kappa shape index (κ1) is 104. The van der Waals surface area contributed by atoms with Gasteiger partial charge in [0, 0.05) is 118 Å². The smallest absolute Gasteiger partial charge is 0.164 e. The second kappa shape index (κ2) is 48.6. The average molecular weight is 2150 g/mol. The van der Waals surface area contributed by atoms with E-state index in [-0.39, 0.29) is 88.8 Å². The minimum Gasteiger partial charge on any atom is -0.515 e. The number of aliphatic hydroxyl groups is 3. The van der Waals surface area contributed by atoms with Crippen molar-refractivity contribution in [3.8, 4) is 67.2 Å². The van der Waals surface area contributed by atoms with Crippen LogP contribution in [0.4, 0.5) is 0 Å². The number of carbonyl (C=O) groups is 3. The Hall–Kier alpha value is -9.21. The number of hydrogen-bond donors (Lipinski definition) is 3. The molecule has 0 aliphatic carbocycles. The minimum atomic E-state index is -0.417. The van der Waals surface area contributed by atoms with Crippen LogP contribution < -0.4 is 0 Å². The standard InChI is InChI=1S/3C28H28N.2C11H20O2.C3H4O2.3Ir/c3*1-18(2)12-24-17-28(25-14-20(4)13-21(5)15-25)29-27-11-10-23(16-26(24)27)22-8-6-19(3)7-9-22;1-10(2,3)8(12)7-9(13)11(4,5)6;1-8(2)5-10(12)7-11(13)6-9(3)4;4-2-1-3-5;;;/h3*6-11,13-14,16-18H,12H2,1-5H3;7,12H,1-6H3;7-9,12H,5-6H2,1-4H3;1-4H;;;/q3*-1;;;;;;. The van der Waals surface area contributed by atoms with E-state index < -0.39 is 5.41 Å². The Morgan fingerprint density at radius 3 is 0.884 bits per heavy atom. The molecule has 0 aliphatic rings. The molecule has 0 spiro atoms. The summed E-state index contributed by atoms with van der Waals surface area (Å²) in [5, 5.41) is 30.3. The number of aliphatic hydroxyl groups excluding tert-OH is 3. The first-order valence-corrected chi connectivity index (χ1v) is 41.7. The molecule has 9 aromatic carbocycles. The van der Waals surface area contributed by atoms with Crippen LogP contribution in [0.1, 0.15) is 190 Å². The zero-order valence-electron chi connectivity index (χ0n) is 76.0.